The molecule has 0 radical (unpaired) electrons. The zero-order chi connectivity index (χ0) is 10.4. The summed E-state index contributed by atoms with van der Waals surface area (Å²) >= 11 is 1.99. The third kappa shape index (κ3) is 3.91. The summed E-state index contributed by atoms with van der Waals surface area (Å²) < 4.78 is 4.71. The number of carbonyl (C=O) groups excluding carboxylic acids is 1. The van der Waals surface area contributed by atoms with Crippen LogP contribution in [0.1, 0.15) is 39.0 Å². The molecule has 1 aliphatic carbocycles. The van der Waals surface area contributed by atoms with E-state index in [-0.39, 0.29) is 5.97 Å². The van der Waals surface area contributed by atoms with E-state index in [0.29, 0.717) is 11.8 Å². The van der Waals surface area contributed by atoms with E-state index in [2.05, 4.69) is 6.92 Å². The maximum Gasteiger partial charge on any atom is 0.306 e. The zero-order valence-corrected chi connectivity index (χ0v) is 9.99. The summed E-state index contributed by atoms with van der Waals surface area (Å²) in [4.78, 5) is 11.1. The van der Waals surface area contributed by atoms with E-state index >= 15 is 0 Å². The van der Waals surface area contributed by atoms with Crippen molar-refractivity contribution in [3.05, 3.63) is 0 Å². The molecule has 0 N–H and O–H groups in total. The van der Waals surface area contributed by atoms with Crippen LogP contribution in [0.5, 0.6) is 0 Å². The average molecular weight is 216 g/mol. The SMILES string of the molecule is CCCCSCC1(CC(=O)OC)CC1. The van der Waals surface area contributed by atoms with Crippen LogP contribution < -0.4 is 0 Å². The Kier molecular flexibility index (Phi) is 4.79. The number of hydrogen-bond acceptors (Lipinski definition) is 3. The van der Waals surface area contributed by atoms with Crippen molar-refractivity contribution in [3.8, 4) is 0 Å². The summed E-state index contributed by atoms with van der Waals surface area (Å²) in [7, 11) is 1.47. The lowest BCUT2D eigenvalue weighted by Gasteiger charge is -2.12. The van der Waals surface area contributed by atoms with Crippen molar-refractivity contribution in [2.75, 3.05) is 18.6 Å². The Morgan fingerprint density at radius 3 is 2.71 bits per heavy atom. The number of hydrogen-bond donors (Lipinski definition) is 0. The topological polar surface area (TPSA) is 26.3 Å². The number of methoxy groups -OCH3 is 1. The van der Waals surface area contributed by atoms with Gasteiger partial charge in [-0.25, -0.2) is 0 Å². The van der Waals surface area contributed by atoms with Crippen molar-refractivity contribution >= 4 is 17.7 Å². The second-order valence-electron chi connectivity index (χ2n) is 4.16. The number of ether oxygens (including phenoxy) is 1. The highest BCUT2D eigenvalue weighted by Gasteiger charge is 2.44. The number of unbranched alkanes of at least 4 members (excludes halogenated alkanes) is 1. The van der Waals surface area contributed by atoms with Gasteiger partial charge in [-0.1, -0.05) is 13.3 Å². The maximum absolute atomic E-state index is 11.1. The van der Waals surface area contributed by atoms with E-state index in [4.69, 9.17) is 4.74 Å². The van der Waals surface area contributed by atoms with Crippen LogP contribution in [0.25, 0.3) is 0 Å². The minimum atomic E-state index is -0.0430. The fourth-order valence-electron chi connectivity index (χ4n) is 1.46. The first-order chi connectivity index (χ1) is 6.72. The molecule has 0 aromatic carbocycles. The van der Waals surface area contributed by atoms with Crippen LogP contribution in [-0.2, 0) is 9.53 Å². The van der Waals surface area contributed by atoms with Crippen LogP contribution in [0.3, 0.4) is 0 Å². The fourth-order valence-corrected chi connectivity index (χ4v) is 2.92. The van der Waals surface area contributed by atoms with Gasteiger partial charge in [0.15, 0.2) is 0 Å². The van der Waals surface area contributed by atoms with Gasteiger partial charge in [-0.15, -0.1) is 0 Å². The third-order valence-corrected chi connectivity index (χ3v) is 4.15. The van der Waals surface area contributed by atoms with Crippen LogP contribution in [0.2, 0.25) is 0 Å². The highest BCUT2D eigenvalue weighted by atomic mass is 32.2. The Labute approximate surface area is 90.8 Å². The number of thioether (sulfide) groups is 1. The van der Waals surface area contributed by atoms with Gasteiger partial charge in [0, 0.05) is 0 Å². The molecule has 1 rings (SSSR count). The Hall–Kier alpha value is -0.180. The van der Waals surface area contributed by atoms with Crippen LogP contribution >= 0.6 is 11.8 Å². The summed E-state index contributed by atoms with van der Waals surface area (Å²) in [5, 5.41) is 0. The molecule has 0 atom stereocenters. The van der Waals surface area contributed by atoms with Crippen molar-refractivity contribution in [2.45, 2.75) is 39.0 Å². The summed E-state index contributed by atoms with van der Waals surface area (Å²) in [6.45, 7) is 2.21. The largest absolute Gasteiger partial charge is 0.469 e. The minimum absolute atomic E-state index is 0.0430. The summed E-state index contributed by atoms with van der Waals surface area (Å²) in [5.74, 6) is 2.33. The normalized spacial score (nSPS) is 17.9. The first kappa shape index (κ1) is 11.9. The molecular weight excluding hydrogens is 196 g/mol. The van der Waals surface area contributed by atoms with E-state index in [9.17, 15) is 4.79 Å². The lowest BCUT2D eigenvalue weighted by molar-refractivity contribution is -0.141. The molecule has 0 aliphatic heterocycles. The van der Waals surface area contributed by atoms with Gasteiger partial charge in [0.05, 0.1) is 13.5 Å². The Bertz CT molecular complexity index is 188. The Morgan fingerprint density at radius 1 is 1.50 bits per heavy atom. The van der Waals surface area contributed by atoms with Crippen molar-refractivity contribution in [3.63, 3.8) is 0 Å². The van der Waals surface area contributed by atoms with Gasteiger partial charge < -0.3 is 4.74 Å². The predicted molar refractivity (Wildman–Crippen MR) is 60.5 cm³/mol. The molecule has 0 aromatic heterocycles. The van der Waals surface area contributed by atoms with Gasteiger partial charge in [-0.05, 0) is 36.2 Å². The molecular formula is C11H20O2S. The van der Waals surface area contributed by atoms with E-state index < -0.39 is 0 Å². The summed E-state index contributed by atoms with van der Waals surface area (Å²) in [5.41, 5.74) is 0.311. The summed E-state index contributed by atoms with van der Waals surface area (Å²) in [6.07, 6.45) is 5.60. The molecule has 14 heavy (non-hydrogen) atoms. The second kappa shape index (κ2) is 5.64. The summed E-state index contributed by atoms with van der Waals surface area (Å²) in [6, 6.07) is 0. The van der Waals surface area contributed by atoms with Gasteiger partial charge in [0.2, 0.25) is 0 Å². The highest BCUT2D eigenvalue weighted by molar-refractivity contribution is 7.99. The van der Waals surface area contributed by atoms with Crippen molar-refractivity contribution in [1.29, 1.82) is 0 Å². The number of esters is 1. The molecule has 0 spiro atoms. The predicted octanol–water partition coefficient (Wildman–Crippen LogP) is 2.86. The quantitative estimate of drug-likeness (QED) is 0.483. The van der Waals surface area contributed by atoms with Crippen molar-refractivity contribution in [1.82, 2.24) is 0 Å². The average Bonchev–Trinajstić information content (AvgIpc) is 2.93. The Morgan fingerprint density at radius 2 is 2.21 bits per heavy atom. The fraction of sp³-hybridized carbons (Fsp3) is 0.909. The highest BCUT2D eigenvalue weighted by Crippen LogP contribution is 2.51. The molecule has 1 saturated carbocycles. The van der Waals surface area contributed by atoms with Crippen LogP contribution in [0, 0.1) is 5.41 Å². The van der Waals surface area contributed by atoms with Gasteiger partial charge in [0.25, 0.3) is 0 Å². The molecule has 0 heterocycles. The maximum atomic E-state index is 11.1. The molecule has 1 fully saturated rings. The van der Waals surface area contributed by atoms with Gasteiger partial charge in [0.1, 0.15) is 0 Å². The van der Waals surface area contributed by atoms with Crippen LogP contribution in [-0.4, -0.2) is 24.6 Å². The third-order valence-electron chi connectivity index (χ3n) is 2.75. The van der Waals surface area contributed by atoms with Crippen molar-refractivity contribution < 1.29 is 9.53 Å². The minimum Gasteiger partial charge on any atom is -0.469 e. The molecule has 0 saturated heterocycles. The molecule has 82 valence electrons. The Balaban J connectivity index is 2.12. The first-order valence-corrected chi connectivity index (χ1v) is 6.52. The van der Waals surface area contributed by atoms with Crippen LogP contribution in [0.4, 0.5) is 0 Å². The lowest BCUT2D eigenvalue weighted by Crippen LogP contribution is -2.13. The smallest absolute Gasteiger partial charge is 0.306 e. The van der Waals surface area contributed by atoms with E-state index in [1.165, 1.54) is 38.5 Å². The number of rotatable bonds is 7. The van der Waals surface area contributed by atoms with E-state index in [1.807, 2.05) is 11.8 Å². The zero-order valence-electron chi connectivity index (χ0n) is 9.17. The van der Waals surface area contributed by atoms with Crippen molar-refractivity contribution in [2.24, 2.45) is 5.41 Å². The van der Waals surface area contributed by atoms with Gasteiger partial charge in [-0.2, -0.15) is 11.8 Å². The number of carbonyl (C=O) groups is 1. The molecule has 0 amide bonds. The monoisotopic (exact) mass is 216 g/mol. The van der Waals surface area contributed by atoms with Crippen LogP contribution in [0.15, 0.2) is 0 Å². The van der Waals surface area contributed by atoms with E-state index in [0.717, 1.165) is 5.75 Å². The molecule has 0 aromatic rings. The molecule has 0 bridgehead atoms. The first-order valence-electron chi connectivity index (χ1n) is 5.37. The van der Waals surface area contributed by atoms with Gasteiger partial charge >= 0.3 is 5.97 Å². The van der Waals surface area contributed by atoms with Gasteiger partial charge in [-0.3, -0.25) is 4.79 Å². The van der Waals surface area contributed by atoms with E-state index in [1.54, 1.807) is 0 Å². The molecule has 1 aliphatic rings. The molecule has 2 nitrogen and oxygen atoms in total. The molecule has 3 heteroatoms. The molecule has 0 unspecified atom stereocenters. The second-order valence-corrected chi connectivity index (χ2v) is 5.26. The lowest BCUT2D eigenvalue weighted by atomic mass is 10.1. The standard InChI is InChI=1S/C11H20O2S/c1-3-4-7-14-9-11(5-6-11)8-10(12)13-2/h3-9H2,1-2H3.